The number of rotatable bonds is 4. The highest BCUT2D eigenvalue weighted by Gasteiger charge is 1.99. The molecule has 0 saturated heterocycles. The van der Waals surface area contributed by atoms with Crippen molar-refractivity contribution < 1.29 is 5.21 Å². The van der Waals surface area contributed by atoms with Gasteiger partial charge in [-0.05, 0) is 39.1 Å². The summed E-state index contributed by atoms with van der Waals surface area (Å²) in [4.78, 5) is 2.03. The smallest absolute Gasteiger partial charge is 0.0709 e. The molecular weight excluding hydrogens is 164 g/mol. The Kier molecular flexibility index (Phi) is 5.89. The summed E-state index contributed by atoms with van der Waals surface area (Å²) in [6, 6.07) is 0. The summed E-state index contributed by atoms with van der Waals surface area (Å²) in [5.41, 5.74) is 2.14. The molecule has 0 amide bonds. The van der Waals surface area contributed by atoms with Gasteiger partial charge in [0.25, 0.3) is 0 Å². The molecule has 0 saturated carbocycles. The lowest BCUT2D eigenvalue weighted by atomic mass is 10.1. The Morgan fingerprint density at radius 3 is 2.46 bits per heavy atom. The molecule has 0 aliphatic heterocycles. The van der Waals surface area contributed by atoms with E-state index >= 15 is 0 Å². The van der Waals surface area contributed by atoms with E-state index in [4.69, 9.17) is 5.21 Å². The van der Waals surface area contributed by atoms with Crippen molar-refractivity contribution in [1.29, 1.82) is 0 Å². The maximum atomic E-state index is 8.46. The maximum Gasteiger partial charge on any atom is 0.0709 e. The molecule has 0 aromatic heterocycles. The lowest BCUT2D eigenvalue weighted by molar-refractivity contribution is 0.321. The Balaban J connectivity index is 4.66. The number of allylic oxidation sites excluding steroid dienone is 3. The van der Waals surface area contributed by atoms with Crippen LogP contribution in [0.25, 0.3) is 0 Å². The van der Waals surface area contributed by atoms with Gasteiger partial charge in [0.2, 0.25) is 0 Å². The fourth-order valence-corrected chi connectivity index (χ4v) is 1.03. The van der Waals surface area contributed by atoms with Gasteiger partial charge < -0.3 is 10.1 Å². The van der Waals surface area contributed by atoms with Gasteiger partial charge in [0.15, 0.2) is 0 Å². The van der Waals surface area contributed by atoms with Crippen LogP contribution in [0.5, 0.6) is 0 Å². The summed E-state index contributed by atoms with van der Waals surface area (Å²) >= 11 is 0. The molecule has 0 atom stereocenters. The average Bonchev–Trinajstić information content (AvgIpc) is 2.03. The molecule has 0 rings (SSSR count). The molecule has 0 bridgehead atoms. The van der Waals surface area contributed by atoms with Gasteiger partial charge in [-0.1, -0.05) is 17.3 Å². The fraction of sp³-hybridized carbons (Fsp3) is 0.500. The average molecular weight is 182 g/mol. The SMILES string of the molecule is C\C=C/C(C)=C(\C=N\O)CN(C)C. The van der Waals surface area contributed by atoms with Crippen LogP contribution in [-0.4, -0.2) is 37.0 Å². The first kappa shape index (κ1) is 11.9. The van der Waals surface area contributed by atoms with Gasteiger partial charge in [-0.15, -0.1) is 0 Å². The molecule has 0 spiro atoms. The third kappa shape index (κ3) is 5.20. The van der Waals surface area contributed by atoms with Crippen molar-refractivity contribution >= 4 is 6.21 Å². The normalized spacial score (nSPS) is 14.5. The minimum Gasteiger partial charge on any atom is -0.411 e. The monoisotopic (exact) mass is 182 g/mol. The van der Waals surface area contributed by atoms with E-state index < -0.39 is 0 Å². The van der Waals surface area contributed by atoms with E-state index in [9.17, 15) is 0 Å². The van der Waals surface area contributed by atoms with Crippen LogP contribution in [0, 0.1) is 0 Å². The molecule has 0 aromatic carbocycles. The Morgan fingerprint density at radius 2 is 2.08 bits per heavy atom. The van der Waals surface area contributed by atoms with E-state index in [0.717, 1.165) is 17.7 Å². The van der Waals surface area contributed by atoms with Gasteiger partial charge in [-0.25, -0.2) is 0 Å². The van der Waals surface area contributed by atoms with Gasteiger partial charge in [0.1, 0.15) is 0 Å². The predicted molar refractivity (Wildman–Crippen MR) is 56.3 cm³/mol. The van der Waals surface area contributed by atoms with Crippen molar-refractivity contribution in [3.05, 3.63) is 23.3 Å². The highest BCUT2D eigenvalue weighted by atomic mass is 16.4. The molecule has 13 heavy (non-hydrogen) atoms. The number of hydrogen-bond acceptors (Lipinski definition) is 3. The van der Waals surface area contributed by atoms with Crippen molar-refractivity contribution in [3.8, 4) is 0 Å². The summed E-state index contributed by atoms with van der Waals surface area (Å²) in [5, 5.41) is 11.5. The Hall–Kier alpha value is -1.09. The molecule has 0 heterocycles. The molecule has 1 N–H and O–H groups in total. The molecular formula is C10H18N2O. The van der Waals surface area contributed by atoms with E-state index in [1.807, 2.05) is 45.0 Å². The molecule has 74 valence electrons. The standard InChI is InChI=1S/C10H18N2O/c1-5-6-9(2)10(7-11-13)8-12(3)4/h5-7,13H,8H2,1-4H3/b6-5-,10-9+,11-7+. The zero-order valence-electron chi connectivity index (χ0n) is 8.78. The third-order valence-corrected chi connectivity index (χ3v) is 1.62. The van der Waals surface area contributed by atoms with Gasteiger partial charge >= 0.3 is 0 Å². The Bertz CT molecular complexity index is 227. The maximum absolute atomic E-state index is 8.46. The van der Waals surface area contributed by atoms with Crippen molar-refractivity contribution in [1.82, 2.24) is 4.90 Å². The lowest BCUT2D eigenvalue weighted by Gasteiger charge is -2.11. The number of hydrogen-bond donors (Lipinski definition) is 1. The van der Waals surface area contributed by atoms with E-state index in [2.05, 4.69) is 5.16 Å². The van der Waals surface area contributed by atoms with Crippen LogP contribution >= 0.6 is 0 Å². The molecule has 0 aliphatic carbocycles. The minimum atomic E-state index is 0.778. The summed E-state index contributed by atoms with van der Waals surface area (Å²) < 4.78 is 0. The molecule has 0 fully saturated rings. The molecule has 3 nitrogen and oxygen atoms in total. The van der Waals surface area contributed by atoms with Crippen LogP contribution in [-0.2, 0) is 0 Å². The van der Waals surface area contributed by atoms with E-state index in [1.165, 1.54) is 6.21 Å². The second kappa shape index (κ2) is 6.43. The topological polar surface area (TPSA) is 35.8 Å². The summed E-state index contributed by atoms with van der Waals surface area (Å²) in [6.07, 6.45) is 5.45. The van der Waals surface area contributed by atoms with Gasteiger partial charge in [-0.2, -0.15) is 0 Å². The number of oxime groups is 1. The molecule has 0 aromatic rings. The number of likely N-dealkylation sites (N-methyl/N-ethyl adjacent to an activating group) is 1. The molecule has 0 aliphatic rings. The first-order valence-corrected chi connectivity index (χ1v) is 4.26. The van der Waals surface area contributed by atoms with E-state index in [-0.39, 0.29) is 0 Å². The lowest BCUT2D eigenvalue weighted by Crippen LogP contribution is -2.16. The van der Waals surface area contributed by atoms with Crippen LogP contribution in [0.2, 0.25) is 0 Å². The molecule has 3 heteroatoms. The highest BCUT2D eigenvalue weighted by molar-refractivity contribution is 5.80. The highest BCUT2D eigenvalue weighted by Crippen LogP contribution is 2.04. The Labute approximate surface area is 80.0 Å². The Morgan fingerprint density at radius 1 is 1.46 bits per heavy atom. The van der Waals surface area contributed by atoms with Crippen molar-refractivity contribution in [2.24, 2.45) is 5.16 Å². The predicted octanol–water partition coefficient (Wildman–Crippen LogP) is 1.90. The zero-order valence-corrected chi connectivity index (χ0v) is 8.78. The van der Waals surface area contributed by atoms with E-state index in [1.54, 1.807) is 0 Å². The molecule has 0 radical (unpaired) electrons. The van der Waals surface area contributed by atoms with Crippen LogP contribution in [0.4, 0.5) is 0 Å². The third-order valence-electron chi connectivity index (χ3n) is 1.62. The van der Waals surface area contributed by atoms with E-state index in [0.29, 0.717) is 0 Å². The first-order chi connectivity index (χ1) is 6.11. The van der Waals surface area contributed by atoms with Gasteiger partial charge in [0, 0.05) is 6.54 Å². The van der Waals surface area contributed by atoms with Crippen LogP contribution in [0.1, 0.15) is 13.8 Å². The van der Waals surface area contributed by atoms with Crippen LogP contribution in [0.15, 0.2) is 28.5 Å². The summed E-state index contributed by atoms with van der Waals surface area (Å²) in [7, 11) is 3.96. The van der Waals surface area contributed by atoms with Crippen LogP contribution in [0.3, 0.4) is 0 Å². The van der Waals surface area contributed by atoms with Crippen LogP contribution < -0.4 is 0 Å². The largest absolute Gasteiger partial charge is 0.411 e. The van der Waals surface area contributed by atoms with Gasteiger partial charge in [-0.3, -0.25) is 0 Å². The summed E-state index contributed by atoms with van der Waals surface area (Å²) in [6.45, 7) is 4.74. The quantitative estimate of drug-likeness (QED) is 0.312. The second-order valence-corrected chi connectivity index (χ2v) is 3.19. The summed E-state index contributed by atoms with van der Waals surface area (Å²) in [5.74, 6) is 0. The fourth-order valence-electron chi connectivity index (χ4n) is 1.03. The second-order valence-electron chi connectivity index (χ2n) is 3.19. The minimum absolute atomic E-state index is 0.778. The van der Waals surface area contributed by atoms with Crippen molar-refractivity contribution in [2.75, 3.05) is 20.6 Å². The van der Waals surface area contributed by atoms with Gasteiger partial charge in [0.05, 0.1) is 6.21 Å². The van der Waals surface area contributed by atoms with Crippen molar-refractivity contribution in [3.63, 3.8) is 0 Å². The zero-order chi connectivity index (χ0) is 10.3. The first-order valence-electron chi connectivity index (χ1n) is 4.26. The molecule has 0 unspecified atom stereocenters. The number of nitrogens with zero attached hydrogens (tertiary/aromatic N) is 2. The van der Waals surface area contributed by atoms with Crippen molar-refractivity contribution in [2.45, 2.75) is 13.8 Å².